The zero-order chi connectivity index (χ0) is 13.5. The molecule has 1 rings (SSSR count). The maximum absolute atomic E-state index is 13.7. The molecule has 0 heterocycles. The number of hydrogen-bond acceptors (Lipinski definition) is 4. The van der Waals surface area contributed by atoms with Crippen LogP contribution in [0.1, 0.15) is 10.4 Å². The minimum absolute atomic E-state index is 0.0936. The van der Waals surface area contributed by atoms with Crippen LogP contribution < -0.4 is 10.6 Å². The number of halogens is 1. The Hall–Kier alpha value is -2.07. The van der Waals surface area contributed by atoms with E-state index in [1.54, 1.807) is 12.4 Å². The summed E-state index contributed by atoms with van der Waals surface area (Å²) >= 11 is 1.14. The van der Waals surface area contributed by atoms with Crippen LogP contribution >= 0.6 is 11.8 Å². The number of carbonyl (C=O) groups is 1. The number of amidine groups is 1. The Bertz CT molecular complexity index is 524. The van der Waals surface area contributed by atoms with Gasteiger partial charge in [-0.05, 0) is 18.4 Å². The van der Waals surface area contributed by atoms with Crippen LogP contribution in [0.2, 0.25) is 0 Å². The maximum Gasteiger partial charge on any atom is 0.253 e. The van der Waals surface area contributed by atoms with Gasteiger partial charge in [-0.1, -0.05) is 17.8 Å². The van der Waals surface area contributed by atoms with Gasteiger partial charge in [0.25, 0.3) is 5.91 Å². The van der Waals surface area contributed by atoms with Crippen LogP contribution in [0.3, 0.4) is 0 Å². The van der Waals surface area contributed by atoms with Crippen molar-refractivity contribution < 1.29 is 9.18 Å². The predicted octanol–water partition coefficient (Wildman–Crippen LogP) is 1.61. The lowest BCUT2D eigenvalue weighted by Gasteiger charge is -2.06. The average molecular weight is 266 g/mol. The highest BCUT2D eigenvalue weighted by Gasteiger charge is 2.14. The van der Waals surface area contributed by atoms with Crippen molar-refractivity contribution in [3.63, 3.8) is 0 Å². The Morgan fingerprint density at radius 1 is 1.56 bits per heavy atom. The molecule has 1 amide bonds. The Balaban J connectivity index is 3.30. The fourth-order valence-electron chi connectivity index (χ4n) is 1.22. The third-order valence-electron chi connectivity index (χ3n) is 2.03. The first kappa shape index (κ1) is 14.0. The van der Waals surface area contributed by atoms with Gasteiger partial charge in [0.15, 0.2) is 11.4 Å². The molecule has 0 aromatic heterocycles. The van der Waals surface area contributed by atoms with E-state index in [0.717, 1.165) is 11.8 Å². The molecule has 0 saturated heterocycles. The van der Waals surface area contributed by atoms with Crippen LogP contribution in [0.4, 0.5) is 10.1 Å². The number of carbonyl (C=O) groups excluding carboxylic acids is 1. The summed E-state index contributed by atoms with van der Waals surface area (Å²) in [5, 5.41) is 13.4. The highest BCUT2D eigenvalue weighted by Crippen LogP contribution is 2.24. The lowest BCUT2D eigenvalue weighted by Crippen LogP contribution is -2.19. The number of nitriles is 1. The maximum atomic E-state index is 13.7. The molecule has 1 aromatic carbocycles. The molecular formula is C11H11FN4OS. The normalized spacial score (nSPS) is 10.7. The van der Waals surface area contributed by atoms with Crippen molar-refractivity contribution in [2.75, 3.05) is 13.3 Å². The molecule has 0 spiro atoms. The van der Waals surface area contributed by atoms with Gasteiger partial charge in [0.2, 0.25) is 0 Å². The Morgan fingerprint density at radius 2 is 2.28 bits per heavy atom. The quantitative estimate of drug-likeness (QED) is 0.369. The summed E-state index contributed by atoms with van der Waals surface area (Å²) in [6.07, 6.45) is 3.38. The largest absolute Gasteiger partial charge is 0.355 e. The minimum atomic E-state index is -0.623. The van der Waals surface area contributed by atoms with Crippen LogP contribution in [0, 0.1) is 17.3 Å². The molecule has 2 N–H and O–H groups in total. The molecule has 0 aliphatic heterocycles. The van der Waals surface area contributed by atoms with Crippen LogP contribution in [0.15, 0.2) is 23.2 Å². The van der Waals surface area contributed by atoms with Gasteiger partial charge in [-0.25, -0.2) is 9.38 Å². The monoisotopic (exact) mass is 266 g/mol. The number of rotatable bonds is 2. The van der Waals surface area contributed by atoms with Crippen molar-refractivity contribution in [1.29, 1.82) is 5.26 Å². The van der Waals surface area contributed by atoms with Gasteiger partial charge in [0, 0.05) is 7.05 Å². The van der Waals surface area contributed by atoms with Crippen LogP contribution in [0.5, 0.6) is 0 Å². The van der Waals surface area contributed by atoms with Gasteiger partial charge < -0.3 is 5.32 Å². The second-order valence-electron chi connectivity index (χ2n) is 3.07. The van der Waals surface area contributed by atoms with E-state index >= 15 is 0 Å². The number of thioether (sulfide) groups is 1. The first-order valence-electron chi connectivity index (χ1n) is 4.92. The summed E-state index contributed by atoms with van der Waals surface area (Å²) in [4.78, 5) is 15.5. The lowest BCUT2D eigenvalue weighted by molar-refractivity contribution is 0.0963. The Morgan fingerprint density at radius 3 is 2.83 bits per heavy atom. The van der Waals surface area contributed by atoms with E-state index in [1.165, 1.54) is 25.2 Å². The smallest absolute Gasteiger partial charge is 0.253 e. The summed E-state index contributed by atoms with van der Waals surface area (Å²) in [5.41, 5.74) is 0.0211. The fraction of sp³-hybridized carbons (Fsp3) is 0.182. The number of amides is 1. The van der Waals surface area contributed by atoms with Crippen LogP contribution in [0.25, 0.3) is 0 Å². The van der Waals surface area contributed by atoms with Crippen LogP contribution in [-0.2, 0) is 0 Å². The van der Waals surface area contributed by atoms with Crippen molar-refractivity contribution >= 4 is 28.5 Å². The van der Waals surface area contributed by atoms with Gasteiger partial charge in [-0.2, -0.15) is 5.26 Å². The van der Waals surface area contributed by atoms with Gasteiger partial charge >= 0.3 is 0 Å². The van der Waals surface area contributed by atoms with Gasteiger partial charge in [-0.15, -0.1) is 0 Å². The molecule has 5 nitrogen and oxygen atoms in total. The minimum Gasteiger partial charge on any atom is -0.355 e. The summed E-state index contributed by atoms with van der Waals surface area (Å²) in [6.45, 7) is 0. The zero-order valence-electron chi connectivity index (χ0n) is 9.82. The number of benzene rings is 1. The molecule has 18 heavy (non-hydrogen) atoms. The molecule has 7 heteroatoms. The predicted molar refractivity (Wildman–Crippen MR) is 69.1 cm³/mol. The van der Waals surface area contributed by atoms with Crippen molar-refractivity contribution in [1.82, 2.24) is 10.6 Å². The summed E-state index contributed by atoms with van der Waals surface area (Å²) < 4.78 is 13.7. The molecule has 0 saturated carbocycles. The first-order chi connectivity index (χ1) is 8.63. The molecule has 0 aliphatic carbocycles. The number of aliphatic imine (C=N–C) groups is 1. The van der Waals surface area contributed by atoms with E-state index in [1.807, 2.05) is 0 Å². The van der Waals surface area contributed by atoms with E-state index in [-0.39, 0.29) is 16.4 Å². The molecule has 0 fully saturated rings. The van der Waals surface area contributed by atoms with Crippen molar-refractivity contribution in [2.45, 2.75) is 0 Å². The highest BCUT2D eigenvalue weighted by atomic mass is 32.2. The highest BCUT2D eigenvalue weighted by molar-refractivity contribution is 8.13. The van der Waals surface area contributed by atoms with Gasteiger partial charge in [0.05, 0.1) is 5.56 Å². The second-order valence-corrected chi connectivity index (χ2v) is 3.87. The summed E-state index contributed by atoms with van der Waals surface area (Å²) in [6, 6.07) is 4.09. The third kappa shape index (κ3) is 3.21. The molecule has 1 aromatic rings. The molecule has 94 valence electrons. The Labute approximate surface area is 108 Å². The SMILES string of the molecule is CNC(=O)c1cccc(F)c1N=C(NC#N)SC. The molecule has 0 radical (unpaired) electrons. The van der Waals surface area contributed by atoms with Crippen molar-refractivity contribution in [3.05, 3.63) is 29.6 Å². The van der Waals surface area contributed by atoms with Crippen molar-refractivity contribution in [3.8, 4) is 6.19 Å². The lowest BCUT2D eigenvalue weighted by atomic mass is 10.1. The third-order valence-corrected chi connectivity index (χ3v) is 2.61. The summed E-state index contributed by atoms with van der Waals surface area (Å²) in [5.74, 6) is -1.06. The van der Waals surface area contributed by atoms with E-state index in [2.05, 4.69) is 15.6 Å². The van der Waals surface area contributed by atoms with Crippen LogP contribution in [-0.4, -0.2) is 24.4 Å². The topological polar surface area (TPSA) is 77.3 Å². The average Bonchev–Trinajstić information content (AvgIpc) is 2.39. The fourth-order valence-corrected chi connectivity index (χ4v) is 1.55. The standard InChI is InChI=1S/C11H11FN4OS/c1-14-10(17)7-4-3-5-8(12)9(7)16-11(18-2)15-6-13/h3-5H,1-2H3,(H,14,17)(H,15,16). The number of nitrogens with one attached hydrogen (secondary N) is 2. The number of para-hydroxylation sites is 1. The zero-order valence-corrected chi connectivity index (χ0v) is 10.6. The van der Waals surface area contributed by atoms with Crippen molar-refractivity contribution in [2.24, 2.45) is 4.99 Å². The number of hydrogen-bond donors (Lipinski definition) is 2. The molecule has 0 bridgehead atoms. The molecule has 0 atom stereocenters. The van der Waals surface area contributed by atoms with E-state index in [0.29, 0.717) is 0 Å². The van der Waals surface area contributed by atoms with E-state index in [9.17, 15) is 9.18 Å². The van der Waals surface area contributed by atoms with E-state index in [4.69, 9.17) is 5.26 Å². The molecular weight excluding hydrogens is 255 g/mol. The summed E-state index contributed by atoms with van der Waals surface area (Å²) in [7, 11) is 1.45. The van der Waals surface area contributed by atoms with Gasteiger partial charge in [0.1, 0.15) is 11.5 Å². The second kappa shape index (κ2) is 6.61. The first-order valence-corrected chi connectivity index (χ1v) is 6.15. The van der Waals surface area contributed by atoms with E-state index < -0.39 is 11.7 Å². The molecule has 0 aliphatic rings. The number of nitrogens with zero attached hydrogens (tertiary/aromatic N) is 2. The Kier molecular flexibility index (Phi) is 5.14. The molecule has 0 unspecified atom stereocenters. The van der Waals surface area contributed by atoms with Gasteiger partial charge in [-0.3, -0.25) is 10.1 Å².